The molecule has 1 unspecified atom stereocenters. The van der Waals surface area contributed by atoms with Crippen molar-refractivity contribution in [2.75, 3.05) is 7.11 Å². The van der Waals surface area contributed by atoms with Crippen molar-refractivity contribution in [3.63, 3.8) is 0 Å². The van der Waals surface area contributed by atoms with E-state index in [1.54, 1.807) is 18.2 Å². The standard InChI is InChI=1S/C28H26N2O6/c1-34-26(31)25-18-17-24(23-15-9-4-10-16-23)29(27(32)35-19-21-11-5-2-6-12-21)30(25)28(33)36-20-22-13-7-3-8-14-22/h2-17,25H,18-20H2,1H3. The summed E-state index contributed by atoms with van der Waals surface area (Å²) in [4.78, 5) is 39.5. The maximum absolute atomic E-state index is 13.5. The van der Waals surface area contributed by atoms with Gasteiger partial charge in [-0.05, 0) is 11.1 Å². The molecule has 3 aromatic carbocycles. The van der Waals surface area contributed by atoms with Crippen LogP contribution in [0.25, 0.3) is 5.70 Å². The molecular weight excluding hydrogens is 460 g/mol. The summed E-state index contributed by atoms with van der Waals surface area (Å²) >= 11 is 0. The van der Waals surface area contributed by atoms with Gasteiger partial charge in [-0.1, -0.05) is 97.1 Å². The smallest absolute Gasteiger partial charge is 0.434 e. The Morgan fingerprint density at radius 1 is 0.750 bits per heavy atom. The lowest BCUT2D eigenvalue weighted by atomic mass is 10.0. The van der Waals surface area contributed by atoms with Gasteiger partial charge in [0.15, 0.2) is 6.04 Å². The van der Waals surface area contributed by atoms with E-state index >= 15 is 0 Å². The number of benzene rings is 3. The molecule has 1 aliphatic heterocycles. The van der Waals surface area contributed by atoms with Gasteiger partial charge in [0.2, 0.25) is 0 Å². The zero-order valence-corrected chi connectivity index (χ0v) is 19.8. The number of hydrazine groups is 1. The van der Waals surface area contributed by atoms with E-state index in [0.29, 0.717) is 11.3 Å². The Morgan fingerprint density at radius 2 is 1.25 bits per heavy atom. The number of hydrogen-bond acceptors (Lipinski definition) is 6. The Balaban J connectivity index is 1.67. The second kappa shape index (κ2) is 11.7. The molecule has 3 aromatic rings. The molecular formula is C28H26N2O6. The highest BCUT2D eigenvalue weighted by Gasteiger charge is 2.44. The number of carbonyl (C=O) groups excluding carboxylic acids is 3. The van der Waals surface area contributed by atoms with E-state index in [1.807, 2.05) is 78.9 Å². The molecule has 0 saturated carbocycles. The van der Waals surface area contributed by atoms with Crippen LogP contribution in [0.3, 0.4) is 0 Å². The van der Waals surface area contributed by atoms with Crippen molar-refractivity contribution in [1.82, 2.24) is 10.0 Å². The molecule has 36 heavy (non-hydrogen) atoms. The van der Waals surface area contributed by atoms with E-state index in [9.17, 15) is 14.4 Å². The van der Waals surface area contributed by atoms with Gasteiger partial charge in [0.25, 0.3) is 0 Å². The molecule has 0 radical (unpaired) electrons. The van der Waals surface area contributed by atoms with E-state index in [2.05, 4.69) is 0 Å². The average molecular weight is 487 g/mol. The lowest BCUT2D eigenvalue weighted by molar-refractivity contribution is -0.151. The van der Waals surface area contributed by atoms with E-state index in [-0.39, 0.29) is 19.6 Å². The van der Waals surface area contributed by atoms with Crippen molar-refractivity contribution in [1.29, 1.82) is 0 Å². The molecule has 2 amide bonds. The molecule has 0 aliphatic carbocycles. The van der Waals surface area contributed by atoms with E-state index in [1.165, 1.54) is 7.11 Å². The van der Waals surface area contributed by atoms with Crippen molar-refractivity contribution >= 4 is 23.9 Å². The molecule has 8 heteroatoms. The Bertz CT molecular complexity index is 1210. The van der Waals surface area contributed by atoms with Crippen LogP contribution in [-0.2, 0) is 32.2 Å². The number of nitrogens with zero attached hydrogens (tertiary/aromatic N) is 2. The Morgan fingerprint density at radius 3 is 1.78 bits per heavy atom. The molecule has 0 fully saturated rings. The molecule has 4 rings (SSSR count). The fraction of sp³-hybridized carbons (Fsp3) is 0.179. The summed E-state index contributed by atoms with van der Waals surface area (Å²) in [5, 5.41) is 2.03. The SMILES string of the molecule is COC(=O)C1CC=C(c2ccccc2)N(C(=O)OCc2ccccc2)N1C(=O)OCc1ccccc1. The van der Waals surface area contributed by atoms with Crippen molar-refractivity contribution in [2.45, 2.75) is 25.7 Å². The molecule has 0 bridgehead atoms. The fourth-order valence-corrected chi connectivity index (χ4v) is 3.81. The van der Waals surface area contributed by atoms with Gasteiger partial charge in [-0.3, -0.25) is 0 Å². The van der Waals surface area contributed by atoms with Crippen LogP contribution in [0.2, 0.25) is 0 Å². The van der Waals surface area contributed by atoms with Crippen molar-refractivity contribution in [3.8, 4) is 0 Å². The first-order valence-electron chi connectivity index (χ1n) is 11.4. The summed E-state index contributed by atoms with van der Waals surface area (Å²) in [7, 11) is 1.23. The minimum Gasteiger partial charge on any atom is -0.467 e. The third-order valence-electron chi connectivity index (χ3n) is 5.59. The minimum atomic E-state index is -1.12. The van der Waals surface area contributed by atoms with Crippen LogP contribution in [0.15, 0.2) is 97.1 Å². The zero-order valence-electron chi connectivity index (χ0n) is 19.8. The van der Waals surface area contributed by atoms with Gasteiger partial charge in [0, 0.05) is 12.0 Å². The number of esters is 1. The van der Waals surface area contributed by atoms with Gasteiger partial charge >= 0.3 is 18.2 Å². The number of rotatable bonds is 6. The second-order valence-corrected chi connectivity index (χ2v) is 7.97. The molecule has 1 heterocycles. The van der Waals surface area contributed by atoms with Crippen LogP contribution in [-0.4, -0.2) is 41.3 Å². The minimum absolute atomic E-state index is 0.0198. The second-order valence-electron chi connectivity index (χ2n) is 7.97. The van der Waals surface area contributed by atoms with Crippen LogP contribution < -0.4 is 0 Å². The Hall–Kier alpha value is -4.59. The Kier molecular flexibility index (Phi) is 7.97. The third kappa shape index (κ3) is 5.72. The molecule has 0 spiro atoms. The Labute approximate surface area is 209 Å². The summed E-state index contributed by atoms with van der Waals surface area (Å²) in [5.41, 5.74) is 2.59. The van der Waals surface area contributed by atoms with E-state index in [0.717, 1.165) is 21.1 Å². The van der Waals surface area contributed by atoms with Crippen molar-refractivity contribution < 1.29 is 28.6 Å². The predicted octanol–water partition coefficient (Wildman–Crippen LogP) is 5.17. The van der Waals surface area contributed by atoms with Gasteiger partial charge in [-0.15, -0.1) is 0 Å². The number of carbonyl (C=O) groups is 3. The van der Waals surface area contributed by atoms with Crippen LogP contribution >= 0.6 is 0 Å². The molecule has 1 atom stereocenters. The lowest BCUT2D eigenvalue weighted by Crippen LogP contribution is -2.58. The monoisotopic (exact) mass is 486 g/mol. The highest BCUT2D eigenvalue weighted by Crippen LogP contribution is 2.31. The van der Waals surface area contributed by atoms with Gasteiger partial charge < -0.3 is 14.2 Å². The first-order valence-corrected chi connectivity index (χ1v) is 11.4. The number of methoxy groups -OCH3 is 1. The van der Waals surface area contributed by atoms with Gasteiger partial charge in [0.1, 0.15) is 13.2 Å². The largest absolute Gasteiger partial charge is 0.467 e. The normalized spacial score (nSPS) is 15.0. The summed E-state index contributed by atoms with van der Waals surface area (Å²) in [6.45, 7) is -0.0601. The maximum atomic E-state index is 13.5. The molecule has 1 aliphatic rings. The molecule has 0 N–H and O–H groups in total. The third-order valence-corrected chi connectivity index (χ3v) is 5.59. The number of ether oxygens (including phenoxy) is 3. The van der Waals surface area contributed by atoms with Gasteiger partial charge in [0.05, 0.1) is 12.8 Å². The summed E-state index contributed by atoms with van der Waals surface area (Å²) < 4.78 is 16.0. The first kappa shape index (κ1) is 24.5. The van der Waals surface area contributed by atoms with Crippen LogP contribution in [0.1, 0.15) is 23.1 Å². The van der Waals surface area contributed by atoms with Gasteiger partial charge in [-0.25, -0.2) is 14.4 Å². The summed E-state index contributed by atoms with van der Waals surface area (Å²) in [6, 6.07) is 26.2. The maximum Gasteiger partial charge on any atom is 0.434 e. The van der Waals surface area contributed by atoms with Crippen LogP contribution in [0.5, 0.6) is 0 Å². The molecule has 8 nitrogen and oxygen atoms in total. The topological polar surface area (TPSA) is 85.4 Å². The van der Waals surface area contributed by atoms with Gasteiger partial charge in [-0.2, -0.15) is 10.0 Å². The van der Waals surface area contributed by atoms with Crippen LogP contribution in [0, 0.1) is 0 Å². The molecule has 0 aromatic heterocycles. The van der Waals surface area contributed by atoms with E-state index < -0.39 is 24.2 Å². The average Bonchev–Trinajstić information content (AvgIpc) is 2.95. The highest BCUT2D eigenvalue weighted by atomic mass is 16.6. The molecule has 0 saturated heterocycles. The zero-order chi connectivity index (χ0) is 25.3. The van der Waals surface area contributed by atoms with Crippen molar-refractivity contribution in [2.24, 2.45) is 0 Å². The number of amides is 2. The summed E-state index contributed by atoms with van der Waals surface area (Å²) in [6.07, 6.45) is 0.119. The lowest BCUT2D eigenvalue weighted by Gasteiger charge is -2.41. The first-order chi connectivity index (χ1) is 17.6. The molecule has 184 valence electrons. The fourth-order valence-electron chi connectivity index (χ4n) is 3.81. The quantitative estimate of drug-likeness (QED) is 0.353. The predicted molar refractivity (Wildman–Crippen MR) is 132 cm³/mol. The van der Waals surface area contributed by atoms with Crippen molar-refractivity contribution in [3.05, 3.63) is 114 Å². The summed E-state index contributed by atoms with van der Waals surface area (Å²) in [5.74, 6) is -0.684. The van der Waals surface area contributed by atoms with Crippen LogP contribution in [0.4, 0.5) is 9.59 Å². The van der Waals surface area contributed by atoms with E-state index in [4.69, 9.17) is 14.2 Å². The highest BCUT2D eigenvalue weighted by molar-refractivity contribution is 5.90. The number of hydrogen-bond donors (Lipinski definition) is 0.